The lowest BCUT2D eigenvalue weighted by molar-refractivity contribution is -0.274. The number of urea groups is 1. The lowest BCUT2D eigenvalue weighted by Crippen LogP contribution is -2.45. The molecule has 6 nitrogen and oxygen atoms in total. The van der Waals surface area contributed by atoms with Crippen LogP contribution in [0.2, 0.25) is 0 Å². The van der Waals surface area contributed by atoms with Crippen LogP contribution >= 0.6 is 11.8 Å². The molecule has 0 aliphatic heterocycles. The molecule has 0 aromatic heterocycles. The Kier molecular flexibility index (Phi) is 8.85. The van der Waals surface area contributed by atoms with E-state index < -0.39 is 30.2 Å². The first-order valence-corrected chi connectivity index (χ1v) is 10.1. The number of amides is 2. The third-order valence-electron chi connectivity index (χ3n) is 3.63. The standard InChI is InChI=1S/C20H21F3N2O4S/c1-2-28-18(26)16(13-30-12-14-8-4-3-5-9-14)25-19(27)24-15-10-6-7-11-17(15)29-20(21,22)23/h3-11,16H,2,12-13H2,1H3,(H2,24,25,27). The van der Waals surface area contributed by atoms with Crippen LogP contribution in [0.15, 0.2) is 54.6 Å². The van der Waals surface area contributed by atoms with Gasteiger partial charge in [-0.15, -0.1) is 13.2 Å². The molecule has 0 saturated heterocycles. The van der Waals surface area contributed by atoms with E-state index in [0.29, 0.717) is 5.75 Å². The molecule has 1 unspecified atom stereocenters. The molecule has 0 heterocycles. The molecule has 0 aliphatic rings. The average molecular weight is 442 g/mol. The Hall–Kier alpha value is -2.88. The van der Waals surface area contributed by atoms with E-state index in [-0.39, 0.29) is 18.0 Å². The summed E-state index contributed by atoms with van der Waals surface area (Å²) < 4.78 is 46.5. The summed E-state index contributed by atoms with van der Waals surface area (Å²) in [4.78, 5) is 24.5. The highest BCUT2D eigenvalue weighted by atomic mass is 32.2. The van der Waals surface area contributed by atoms with Crippen molar-refractivity contribution >= 4 is 29.4 Å². The van der Waals surface area contributed by atoms with Gasteiger partial charge < -0.3 is 20.1 Å². The molecular formula is C20H21F3N2O4S. The van der Waals surface area contributed by atoms with Crippen molar-refractivity contribution in [1.29, 1.82) is 0 Å². The van der Waals surface area contributed by atoms with Crippen molar-refractivity contribution < 1.29 is 32.2 Å². The summed E-state index contributed by atoms with van der Waals surface area (Å²) in [6.07, 6.45) is -4.91. The maximum atomic E-state index is 12.5. The van der Waals surface area contributed by atoms with Crippen LogP contribution in [0.1, 0.15) is 12.5 Å². The van der Waals surface area contributed by atoms with Crippen LogP contribution in [0.5, 0.6) is 5.75 Å². The number of ether oxygens (including phenoxy) is 2. The Bertz CT molecular complexity index is 834. The van der Waals surface area contributed by atoms with Gasteiger partial charge in [-0.3, -0.25) is 0 Å². The minimum Gasteiger partial charge on any atom is -0.464 e. The predicted octanol–water partition coefficient (Wildman–Crippen LogP) is 4.57. The van der Waals surface area contributed by atoms with Crippen LogP contribution in [0.3, 0.4) is 0 Å². The van der Waals surface area contributed by atoms with Gasteiger partial charge in [0.05, 0.1) is 12.3 Å². The summed E-state index contributed by atoms with van der Waals surface area (Å²) in [5.41, 5.74) is 0.861. The van der Waals surface area contributed by atoms with Gasteiger partial charge in [0.2, 0.25) is 0 Å². The van der Waals surface area contributed by atoms with E-state index in [1.165, 1.54) is 30.0 Å². The van der Waals surface area contributed by atoms with Crippen molar-refractivity contribution in [2.24, 2.45) is 0 Å². The molecule has 2 N–H and O–H groups in total. The highest BCUT2D eigenvalue weighted by Crippen LogP contribution is 2.29. The second-order valence-electron chi connectivity index (χ2n) is 5.95. The zero-order valence-corrected chi connectivity index (χ0v) is 16.9. The minimum atomic E-state index is -4.91. The molecule has 2 rings (SSSR count). The van der Waals surface area contributed by atoms with E-state index >= 15 is 0 Å². The van der Waals surface area contributed by atoms with Crippen LogP contribution in [0, 0.1) is 0 Å². The fourth-order valence-corrected chi connectivity index (χ4v) is 3.38. The van der Waals surface area contributed by atoms with Gasteiger partial charge in [0.15, 0.2) is 5.75 Å². The summed E-state index contributed by atoms with van der Waals surface area (Å²) in [6, 6.07) is 12.8. The molecule has 0 bridgehead atoms. The largest absolute Gasteiger partial charge is 0.573 e. The van der Waals surface area contributed by atoms with Crippen molar-refractivity contribution in [3.05, 3.63) is 60.2 Å². The van der Waals surface area contributed by atoms with Gasteiger partial charge in [-0.1, -0.05) is 42.5 Å². The van der Waals surface area contributed by atoms with Gasteiger partial charge in [-0.05, 0) is 24.6 Å². The Balaban J connectivity index is 1.99. The number of carbonyl (C=O) groups excluding carboxylic acids is 2. The van der Waals surface area contributed by atoms with Crippen molar-refractivity contribution in [3.8, 4) is 5.75 Å². The Morgan fingerprint density at radius 2 is 1.73 bits per heavy atom. The maximum Gasteiger partial charge on any atom is 0.573 e. The van der Waals surface area contributed by atoms with Crippen LogP contribution in [0.4, 0.5) is 23.7 Å². The summed E-state index contributed by atoms with van der Waals surface area (Å²) in [5, 5.41) is 4.72. The molecule has 0 radical (unpaired) electrons. The number of para-hydroxylation sites is 2. The topological polar surface area (TPSA) is 76.7 Å². The van der Waals surface area contributed by atoms with Crippen LogP contribution < -0.4 is 15.4 Å². The number of rotatable bonds is 9. The number of alkyl halides is 3. The number of carbonyl (C=O) groups is 2. The van der Waals surface area contributed by atoms with E-state index in [2.05, 4.69) is 15.4 Å². The van der Waals surface area contributed by atoms with Crippen molar-refractivity contribution in [2.75, 3.05) is 17.7 Å². The predicted molar refractivity (Wildman–Crippen MR) is 108 cm³/mol. The summed E-state index contributed by atoms with van der Waals surface area (Å²) in [6.45, 7) is 1.76. The second-order valence-corrected chi connectivity index (χ2v) is 6.98. The lowest BCUT2D eigenvalue weighted by Gasteiger charge is -2.18. The Morgan fingerprint density at radius 3 is 2.40 bits per heavy atom. The number of hydrogen-bond donors (Lipinski definition) is 2. The highest BCUT2D eigenvalue weighted by molar-refractivity contribution is 7.98. The van der Waals surface area contributed by atoms with E-state index in [0.717, 1.165) is 11.6 Å². The molecule has 1 atom stereocenters. The van der Waals surface area contributed by atoms with E-state index in [1.54, 1.807) is 6.92 Å². The Labute approximate surface area is 176 Å². The lowest BCUT2D eigenvalue weighted by atomic mass is 10.2. The maximum absolute atomic E-state index is 12.5. The van der Waals surface area contributed by atoms with Crippen molar-refractivity contribution in [1.82, 2.24) is 5.32 Å². The van der Waals surface area contributed by atoms with Crippen LogP contribution in [0.25, 0.3) is 0 Å². The molecule has 2 aromatic rings. The molecule has 162 valence electrons. The first-order valence-electron chi connectivity index (χ1n) is 8.99. The summed E-state index contributed by atoms with van der Waals surface area (Å²) in [5.74, 6) is -0.358. The third kappa shape index (κ3) is 8.24. The molecule has 0 saturated carbocycles. The van der Waals surface area contributed by atoms with E-state index in [4.69, 9.17) is 4.74 Å². The number of thioether (sulfide) groups is 1. The molecule has 0 spiro atoms. The molecule has 30 heavy (non-hydrogen) atoms. The molecular weight excluding hydrogens is 421 g/mol. The van der Waals surface area contributed by atoms with Crippen molar-refractivity contribution in [2.45, 2.75) is 25.1 Å². The molecule has 10 heteroatoms. The fourth-order valence-electron chi connectivity index (χ4n) is 2.38. The number of nitrogens with one attached hydrogen (secondary N) is 2. The fraction of sp³-hybridized carbons (Fsp3) is 0.300. The van der Waals surface area contributed by atoms with E-state index in [1.807, 2.05) is 30.3 Å². The van der Waals surface area contributed by atoms with Gasteiger partial charge in [0.1, 0.15) is 6.04 Å². The van der Waals surface area contributed by atoms with Crippen LogP contribution in [-0.2, 0) is 15.3 Å². The number of anilines is 1. The second kappa shape index (κ2) is 11.3. The third-order valence-corrected chi connectivity index (χ3v) is 4.74. The Morgan fingerprint density at radius 1 is 1.07 bits per heavy atom. The average Bonchev–Trinajstić information content (AvgIpc) is 2.68. The number of hydrogen-bond acceptors (Lipinski definition) is 5. The van der Waals surface area contributed by atoms with Gasteiger partial charge in [0, 0.05) is 11.5 Å². The monoisotopic (exact) mass is 442 g/mol. The summed E-state index contributed by atoms with van der Waals surface area (Å²) >= 11 is 1.41. The summed E-state index contributed by atoms with van der Waals surface area (Å²) in [7, 11) is 0. The van der Waals surface area contributed by atoms with Crippen LogP contribution in [-0.4, -0.2) is 36.8 Å². The molecule has 2 amide bonds. The first kappa shape index (κ1) is 23.4. The highest BCUT2D eigenvalue weighted by Gasteiger charge is 2.32. The zero-order chi connectivity index (χ0) is 22.0. The molecule has 0 aliphatic carbocycles. The van der Waals surface area contributed by atoms with Crippen molar-refractivity contribution in [3.63, 3.8) is 0 Å². The number of esters is 1. The first-order chi connectivity index (χ1) is 14.3. The normalized spacial score (nSPS) is 12.0. The molecule has 0 fully saturated rings. The molecule has 2 aromatic carbocycles. The van der Waals surface area contributed by atoms with E-state index in [9.17, 15) is 22.8 Å². The van der Waals surface area contributed by atoms with Gasteiger partial charge in [-0.25, -0.2) is 9.59 Å². The number of benzene rings is 2. The zero-order valence-electron chi connectivity index (χ0n) is 16.1. The smallest absolute Gasteiger partial charge is 0.464 e. The van der Waals surface area contributed by atoms with Gasteiger partial charge in [0.25, 0.3) is 0 Å². The minimum absolute atomic E-state index is 0.129. The van der Waals surface area contributed by atoms with Gasteiger partial charge >= 0.3 is 18.4 Å². The number of halogens is 3. The SMILES string of the molecule is CCOC(=O)C(CSCc1ccccc1)NC(=O)Nc1ccccc1OC(F)(F)F. The quantitative estimate of drug-likeness (QED) is 0.557. The van der Waals surface area contributed by atoms with Gasteiger partial charge in [-0.2, -0.15) is 11.8 Å².